The molecule has 0 radical (unpaired) electrons. The second-order valence-electron chi connectivity index (χ2n) is 8.40. The number of H-pyrrole nitrogens is 1. The molecule has 3 aliphatic rings. The molecule has 3 heterocycles. The number of ether oxygens (including phenoxy) is 1. The van der Waals surface area contributed by atoms with Gasteiger partial charge in [-0.1, -0.05) is 12.1 Å². The van der Waals surface area contributed by atoms with Crippen LogP contribution in [0.5, 0.6) is 5.75 Å². The zero-order valence-electron chi connectivity index (χ0n) is 16.3. The van der Waals surface area contributed by atoms with Crippen LogP contribution in [-0.2, 0) is 12.8 Å². The molecule has 0 saturated carbocycles. The Bertz CT molecular complexity index is 1060. The van der Waals surface area contributed by atoms with Gasteiger partial charge in [-0.3, -0.25) is 14.4 Å². The fourth-order valence-electron chi connectivity index (χ4n) is 4.94. The van der Waals surface area contributed by atoms with Gasteiger partial charge in [0, 0.05) is 25.2 Å². The molecule has 1 saturated heterocycles. The van der Waals surface area contributed by atoms with E-state index in [2.05, 4.69) is 4.98 Å². The number of pyridine rings is 1. The number of likely N-dealkylation sites (tertiary alicyclic amines) is 1. The Labute approximate surface area is 168 Å². The van der Waals surface area contributed by atoms with Gasteiger partial charge in [0.25, 0.3) is 11.5 Å². The number of aromatic amines is 1. The number of carbonyl (C=O) groups is 2. The molecule has 1 atom stereocenters. The third-order valence-electron chi connectivity index (χ3n) is 6.50. The van der Waals surface area contributed by atoms with Gasteiger partial charge in [0.05, 0.1) is 12.0 Å². The Morgan fingerprint density at radius 3 is 2.83 bits per heavy atom. The van der Waals surface area contributed by atoms with E-state index in [1.54, 1.807) is 17.0 Å². The fraction of sp³-hybridized carbons (Fsp3) is 0.435. The maximum Gasteiger partial charge on any atom is 0.261 e. The second-order valence-corrected chi connectivity index (χ2v) is 8.40. The first-order chi connectivity index (χ1) is 14.0. The van der Waals surface area contributed by atoms with Gasteiger partial charge in [0.1, 0.15) is 16.9 Å². The molecule has 1 spiro atoms. The first kappa shape index (κ1) is 18.2. The number of benzene rings is 1. The van der Waals surface area contributed by atoms with Crippen LogP contribution in [0.3, 0.4) is 0 Å². The average molecular weight is 392 g/mol. The molecule has 2 aromatic rings. The molecule has 1 aromatic carbocycles. The Morgan fingerprint density at radius 1 is 1.07 bits per heavy atom. The van der Waals surface area contributed by atoms with Crippen molar-refractivity contribution in [3.63, 3.8) is 0 Å². The van der Waals surface area contributed by atoms with E-state index in [1.807, 2.05) is 18.2 Å². The summed E-state index contributed by atoms with van der Waals surface area (Å²) in [6.07, 6.45) is 5.18. The van der Waals surface area contributed by atoms with Crippen LogP contribution in [0.15, 0.2) is 35.1 Å². The topological polar surface area (TPSA) is 79.5 Å². The van der Waals surface area contributed by atoms with Gasteiger partial charge in [-0.25, -0.2) is 0 Å². The molecule has 29 heavy (non-hydrogen) atoms. The van der Waals surface area contributed by atoms with Crippen molar-refractivity contribution in [3.05, 3.63) is 63.1 Å². The lowest BCUT2D eigenvalue weighted by Crippen LogP contribution is -2.43. The van der Waals surface area contributed by atoms with E-state index in [4.69, 9.17) is 4.74 Å². The third-order valence-corrected chi connectivity index (χ3v) is 6.50. The standard InChI is InChI=1S/C23H24N2O4/c26-19-14-23(29-20-8-2-1-6-16(19)20)9-4-11-25(12-10-23)22(28)17-13-15-5-3-7-18(15)24-21(17)27/h1-2,6,8,13H,3-5,7,9-12,14H2,(H,24,27). The molecule has 1 amide bonds. The maximum absolute atomic E-state index is 13.1. The summed E-state index contributed by atoms with van der Waals surface area (Å²) in [4.78, 5) is 42.9. The molecule has 150 valence electrons. The van der Waals surface area contributed by atoms with Gasteiger partial charge < -0.3 is 14.6 Å². The number of hydrogen-bond acceptors (Lipinski definition) is 4. The Kier molecular flexibility index (Phi) is 4.30. The van der Waals surface area contributed by atoms with Crippen molar-refractivity contribution in [1.29, 1.82) is 0 Å². The number of Topliss-reactive ketones (excluding diaryl/α,β-unsaturated/α-hetero) is 1. The Hall–Kier alpha value is -2.89. The van der Waals surface area contributed by atoms with Crippen LogP contribution in [-0.4, -0.2) is 40.3 Å². The maximum atomic E-state index is 13.1. The summed E-state index contributed by atoms with van der Waals surface area (Å²) in [7, 11) is 0. The lowest BCUT2D eigenvalue weighted by molar-refractivity contribution is 0.0300. The van der Waals surface area contributed by atoms with Crippen molar-refractivity contribution in [2.75, 3.05) is 13.1 Å². The van der Waals surface area contributed by atoms with Crippen LogP contribution in [0.1, 0.15) is 64.1 Å². The number of amides is 1. The van der Waals surface area contributed by atoms with Crippen molar-refractivity contribution in [1.82, 2.24) is 9.88 Å². The Morgan fingerprint density at radius 2 is 1.93 bits per heavy atom. The minimum absolute atomic E-state index is 0.0988. The van der Waals surface area contributed by atoms with Crippen LogP contribution < -0.4 is 10.3 Å². The van der Waals surface area contributed by atoms with Crippen LogP contribution in [0.2, 0.25) is 0 Å². The second kappa shape index (κ2) is 6.87. The normalized spacial score (nSPS) is 23.3. The summed E-state index contributed by atoms with van der Waals surface area (Å²) in [6, 6.07) is 9.14. The van der Waals surface area contributed by atoms with E-state index in [0.717, 1.165) is 43.4 Å². The highest BCUT2D eigenvalue weighted by molar-refractivity contribution is 6.00. The molecule has 5 rings (SSSR count). The summed E-state index contributed by atoms with van der Waals surface area (Å²) in [6.45, 7) is 1.04. The van der Waals surface area contributed by atoms with Crippen molar-refractivity contribution in [3.8, 4) is 5.75 Å². The molecule has 0 bridgehead atoms. The minimum atomic E-state index is -0.565. The number of rotatable bonds is 1. The van der Waals surface area contributed by atoms with E-state index >= 15 is 0 Å². The molecular weight excluding hydrogens is 368 g/mol. The van der Waals surface area contributed by atoms with Gasteiger partial charge in [-0.2, -0.15) is 0 Å². The number of aromatic nitrogens is 1. The minimum Gasteiger partial charge on any atom is -0.486 e. The smallest absolute Gasteiger partial charge is 0.261 e. The molecule has 1 unspecified atom stereocenters. The first-order valence-electron chi connectivity index (χ1n) is 10.4. The molecular formula is C23H24N2O4. The van der Waals surface area contributed by atoms with E-state index in [0.29, 0.717) is 37.2 Å². The van der Waals surface area contributed by atoms with Crippen LogP contribution in [0.4, 0.5) is 0 Å². The van der Waals surface area contributed by atoms with Gasteiger partial charge in [-0.15, -0.1) is 0 Å². The number of nitrogens with one attached hydrogen (secondary N) is 1. The predicted molar refractivity (Wildman–Crippen MR) is 108 cm³/mol. The molecule has 1 N–H and O–H groups in total. The molecule has 6 nitrogen and oxygen atoms in total. The summed E-state index contributed by atoms with van der Waals surface area (Å²) >= 11 is 0. The monoisotopic (exact) mass is 392 g/mol. The molecule has 1 aliphatic carbocycles. The lowest BCUT2D eigenvalue weighted by Gasteiger charge is -2.37. The van der Waals surface area contributed by atoms with E-state index < -0.39 is 5.60 Å². The van der Waals surface area contributed by atoms with Gasteiger partial charge in [0.15, 0.2) is 5.78 Å². The van der Waals surface area contributed by atoms with E-state index in [-0.39, 0.29) is 22.8 Å². The molecule has 1 aromatic heterocycles. The molecule has 1 fully saturated rings. The lowest BCUT2D eigenvalue weighted by atomic mass is 9.84. The number of para-hydroxylation sites is 1. The van der Waals surface area contributed by atoms with Crippen molar-refractivity contribution >= 4 is 11.7 Å². The highest BCUT2D eigenvalue weighted by Crippen LogP contribution is 2.39. The third kappa shape index (κ3) is 3.16. The van der Waals surface area contributed by atoms with Gasteiger partial charge in [0.2, 0.25) is 0 Å². The number of aryl methyl sites for hydroxylation is 2. The first-order valence-corrected chi connectivity index (χ1v) is 10.4. The van der Waals surface area contributed by atoms with Gasteiger partial charge >= 0.3 is 0 Å². The summed E-state index contributed by atoms with van der Waals surface area (Å²) in [5.74, 6) is 0.515. The van der Waals surface area contributed by atoms with Crippen molar-refractivity contribution in [2.24, 2.45) is 0 Å². The number of carbonyl (C=O) groups excluding carboxylic acids is 2. The van der Waals surface area contributed by atoms with Gasteiger partial charge in [-0.05, 0) is 55.9 Å². The fourth-order valence-corrected chi connectivity index (χ4v) is 4.94. The number of fused-ring (bicyclic) bond motifs is 2. The van der Waals surface area contributed by atoms with E-state index in [1.165, 1.54) is 0 Å². The Balaban J connectivity index is 1.36. The summed E-state index contributed by atoms with van der Waals surface area (Å²) in [5, 5.41) is 0. The highest BCUT2D eigenvalue weighted by Gasteiger charge is 2.42. The molecule has 2 aliphatic heterocycles. The highest BCUT2D eigenvalue weighted by atomic mass is 16.5. The predicted octanol–water partition coefficient (Wildman–Crippen LogP) is 2.89. The van der Waals surface area contributed by atoms with Crippen molar-refractivity contribution < 1.29 is 14.3 Å². The SMILES string of the molecule is O=C1CC2(CCCN(C(=O)c3cc4c([nH]c3=O)CCC4)CC2)Oc2ccccc21. The van der Waals surface area contributed by atoms with Crippen molar-refractivity contribution in [2.45, 2.75) is 50.5 Å². The van der Waals surface area contributed by atoms with E-state index in [9.17, 15) is 14.4 Å². The zero-order valence-corrected chi connectivity index (χ0v) is 16.3. The largest absolute Gasteiger partial charge is 0.486 e. The number of hydrogen-bond donors (Lipinski definition) is 1. The summed E-state index contributed by atoms with van der Waals surface area (Å²) in [5.41, 5.74) is 2.05. The number of ketones is 1. The van der Waals surface area contributed by atoms with Crippen LogP contribution in [0.25, 0.3) is 0 Å². The average Bonchev–Trinajstić information content (AvgIpc) is 3.07. The zero-order chi connectivity index (χ0) is 20.0. The summed E-state index contributed by atoms with van der Waals surface area (Å²) < 4.78 is 6.30. The number of nitrogens with zero attached hydrogens (tertiary/aromatic N) is 1. The molecule has 6 heteroatoms. The van der Waals surface area contributed by atoms with Crippen LogP contribution in [0, 0.1) is 0 Å². The van der Waals surface area contributed by atoms with Crippen LogP contribution >= 0.6 is 0 Å². The quantitative estimate of drug-likeness (QED) is 0.809.